The standard InChI is InChI=1S/C12H21N3O2/c1-12(2,13)11-14-10(17-15-11)8-16-7-6-9-4-3-5-9/h9H,3-8,13H2,1-2H3. The van der Waals surface area contributed by atoms with Crippen LogP contribution in [0.15, 0.2) is 4.52 Å². The van der Waals surface area contributed by atoms with E-state index in [0.717, 1.165) is 18.9 Å². The number of nitrogens with two attached hydrogens (primary N) is 1. The average Bonchev–Trinajstić information content (AvgIpc) is 2.62. The van der Waals surface area contributed by atoms with Crippen molar-refractivity contribution in [1.29, 1.82) is 0 Å². The van der Waals surface area contributed by atoms with Crippen molar-refractivity contribution in [2.75, 3.05) is 6.61 Å². The summed E-state index contributed by atoms with van der Waals surface area (Å²) in [6.07, 6.45) is 5.23. The molecule has 0 unspecified atom stereocenters. The lowest BCUT2D eigenvalue weighted by molar-refractivity contribution is 0.0771. The van der Waals surface area contributed by atoms with E-state index in [1.54, 1.807) is 0 Å². The van der Waals surface area contributed by atoms with E-state index in [4.69, 9.17) is 15.0 Å². The van der Waals surface area contributed by atoms with Gasteiger partial charge in [-0.3, -0.25) is 0 Å². The smallest absolute Gasteiger partial charge is 0.252 e. The molecule has 0 radical (unpaired) electrons. The first-order valence-electron chi connectivity index (χ1n) is 6.25. The maximum Gasteiger partial charge on any atom is 0.252 e. The Hall–Kier alpha value is -0.940. The summed E-state index contributed by atoms with van der Waals surface area (Å²) < 4.78 is 10.6. The van der Waals surface area contributed by atoms with E-state index < -0.39 is 5.54 Å². The summed E-state index contributed by atoms with van der Waals surface area (Å²) in [5.74, 6) is 1.90. The van der Waals surface area contributed by atoms with Crippen molar-refractivity contribution in [1.82, 2.24) is 10.1 Å². The lowest BCUT2D eigenvalue weighted by atomic mass is 9.83. The minimum Gasteiger partial charge on any atom is -0.372 e. The topological polar surface area (TPSA) is 74.2 Å². The number of hydrogen-bond donors (Lipinski definition) is 1. The summed E-state index contributed by atoms with van der Waals surface area (Å²) in [6, 6.07) is 0. The molecule has 0 amide bonds. The molecule has 2 rings (SSSR count). The summed E-state index contributed by atoms with van der Waals surface area (Å²) >= 11 is 0. The van der Waals surface area contributed by atoms with E-state index in [9.17, 15) is 0 Å². The highest BCUT2D eigenvalue weighted by atomic mass is 16.5. The van der Waals surface area contributed by atoms with Crippen LogP contribution in [0, 0.1) is 5.92 Å². The molecule has 0 bridgehead atoms. The lowest BCUT2D eigenvalue weighted by Gasteiger charge is -2.24. The first-order chi connectivity index (χ1) is 8.05. The number of rotatable bonds is 6. The van der Waals surface area contributed by atoms with Crippen LogP contribution in [0.5, 0.6) is 0 Å². The number of nitrogens with zero attached hydrogens (tertiary/aromatic N) is 2. The Morgan fingerprint density at radius 2 is 2.24 bits per heavy atom. The zero-order valence-electron chi connectivity index (χ0n) is 10.6. The van der Waals surface area contributed by atoms with Crippen LogP contribution in [0.1, 0.15) is 51.2 Å². The van der Waals surface area contributed by atoms with Gasteiger partial charge in [-0.1, -0.05) is 24.4 Å². The zero-order valence-corrected chi connectivity index (χ0v) is 10.6. The second-order valence-electron chi connectivity index (χ2n) is 5.37. The van der Waals surface area contributed by atoms with Crippen LogP contribution in [0.2, 0.25) is 0 Å². The van der Waals surface area contributed by atoms with Gasteiger partial charge in [-0.25, -0.2) is 0 Å². The SMILES string of the molecule is CC(C)(N)c1noc(COCCC2CCC2)n1. The predicted octanol–water partition coefficient (Wildman–Crippen LogP) is 1.97. The van der Waals surface area contributed by atoms with Crippen LogP contribution in [-0.4, -0.2) is 16.7 Å². The van der Waals surface area contributed by atoms with E-state index in [-0.39, 0.29) is 0 Å². The zero-order chi connectivity index (χ0) is 12.3. The Bertz CT molecular complexity index is 353. The molecule has 0 atom stereocenters. The van der Waals surface area contributed by atoms with E-state index in [0.29, 0.717) is 18.3 Å². The quantitative estimate of drug-likeness (QED) is 0.768. The van der Waals surface area contributed by atoms with Gasteiger partial charge in [0.05, 0.1) is 5.54 Å². The maximum atomic E-state index is 5.86. The van der Waals surface area contributed by atoms with Gasteiger partial charge in [0.25, 0.3) is 5.89 Å². The third kappa shape index (κ3) is 3.51. The van der Waals surface area contributed by atoms with Crippen molar-refractivity contribution in [2.45, 2.75) is 51.7 Å². The van der Waals surface area contributed by atoms with Crippen LogP contribution in [-0.2, 0) is 16.9 Å². The molecule has 96 valence electrons. The monoisotopic (exact) mass is 239 g/mol. The molecule has 5 heteroatoms. The van der Waals surface area contributed by atoms with E-state index >= 15 is 0 Å². The molecule has 1 aromatic heterocycles. The molecule has 0 aromatic carbocycles. The molecule has 0 saturated heterocycles. The molecule has 1 aliphatic rings. The van der Waals surface area contributed by atoms with Crippen LogP contribution < -0.4 is 5.73 Å². The predicted molar refractivity (Wildman–Crippen MR) is 63.1 cm³/mol. The van der Waals surface area contributed by atoms with Gasteiger partial charge < -0.3 is 15.0 Å². The van der Waals surface area contributed by atoms with Gasteiger partial charge in [-0.15, -0.1) is 0 Å². The fourth-order valence-electron chi connectivity index (χ4n) is 1.77. The van der Waals surface area contributed by atoms with Gasteiger partial charge in [0, 0.05) is 6.61 Å². The molecule has 5 nitrogen and oxygen atoms in total. The largest absolute Gasteiger partial charge is 0.372 e. The summed E-state index contributed by atoms with van der Waals surface area (Å²) in [7, 11) is 0. The summed E-state index contributed by atoms with van der Waals surface area (Å²) in [6.45, 7) is 4.85. The van der Waals surface area contributed by atoms with Crippen molar-refractivity contribution in [2.24, 2.45) is 11.7 Å². The molecule has 17 heavy (non-hydrogen) atoms. The summed E-state index contributed by atoms with van der Waals surface area (Å²) in [5, 5.41) is 3.84. The van der Waals surface area contributed by atoms with Gasteiger partial charge in [-0.2, -0.15) is 4.98 Å². The second kappa shape index (κ2) is 5.14. The Morgan fingerprint density at radius 3 is 2.76 bits per heavy atom. The maximum absolute atomic E-state index is 5.86. The molecule has 1 aromatic rings. The number of aromatic nitrogens is 2. The molecule has 1 aliphatic carbocycles. The van der Waals surface area contributed by atoms with Crippen molar-refractivity contribution >= 4 is 0 Å². The fraction of sp³-hybridized carbons (Fsp3) is 0.833. The van der Waals surface area contributed by atoms with Crippen LogP contribution in [0.4, 0.5) is 0 Å². The molecule has 0 spiro atoms. The van der Waals surface area contributed by atoms with Gasteiger partial charge in [0.2, 0.25) is 0 Å². The van der Waals surface area contributed by atoms with E-state index in [1.165, 1.54) is 19.3 Å². The van der Waals surface area contributed by atoms with Crippen LogP contribution in [0.3, 0.4) is 0 Å². The minimum absolute atomic E-state index is 0.385. The molecule has 2 N–H and O–H groups in total. The van der Waals surface area contributed by atoms with E-state index in [1.807, 2.05) is 13.8 Å². The summed E-state index contributed by atoms with van der Waals surface area (Å²) in [5.41, 5.74) is 5.30. The minimum atomic E-state index is -0.562. The van der Waals surface area contributed by atoms with Gasteiger partial charge in [0.1, 0.15) is 6.61 Å². The highest BCUT2D eigenvalue weighted by Crippen LogP contribution is 2.29. The number of hydrogen-bond acceptors (Lipinski definition) is 5. The van der Waals surface area contributed by atoms with Crippen LogP contribution in [0.25, 0.3) is 0 Å². The average molecular weight is 239 g/mol. The Labute approximate surface area is 102 Å². The van der Waals surface area contributed by atoms with Crippen molar-refractivity contribution in [3.05, 3.63) is 11.7 Å². The lowest BCUT2D eigenvalue weighted by Crippen LogP contribution is -2.30. The molecule has 0 aliphatic heterocycles. The normalized spacial score (nSPS) is 17.1. The molecular formula is C12H21N3O2. The molecule has 1 fully saturated rings. The number of ether oxygens (including phenoxy) is 1. The van der Waals surface area contributed by atoms with Crippen molar-refractivity contribution < 1.29 is 9.26 Å². The molecule has 1 saturated carbocycles. The third-order valence-electron chi connectivity index (χ3n) is 3.17. The fourth-order valence-corrected chi connectivity index (χ4v) is 1.77. The second-order valence-corrected chi connectivity index (χ2v) is 5.37. The van der Waals surface area contributed by atoms with Gasteiger partial charge in [-0.05, 0) is 26.2 Å². The first kappa shape index (κ1) is 12.5. The van der Waals surface area contributed by atoms with Crippen molar-refractivity contribution in [3.63, 3.8) is 0 Å². The van der Waals surface area contributed by atoms with Crippen molar-refractivity contribution in [3.8, 4) is 0 Å². The summed E-state index contributed by atoms with van der Waals surface area (Å²) in [4.78, 5) is 4.20. The first-order valence-corrected chi connectivity index (χ1v) is 6.25. The third-order valence-corrected chi connectivity index (χ3v) is 3.17. The van der Waals surface area contributed by atoms with E-state index in [2.05, 4.69) is 10.1 Å². The van der Waals surface area contributed by atoms with Gasteiger partial charge in [0.15, 0.2) is 5.82 Å². The Kier molecular flexibility index (Phi) is 3.79. The molecular weight excluding hydrogens is 218 g/mol. The molecule has 1 heterocycles. The van der Waals surface area contributed by atoms with Gasteiger partial charge >= 0.3 is 0 Å². The Morgan fingerprint density at radius 1 is 1.47 bits per heavy atom. The highest BCUT2D eigenvalue weighted by Gasteiger charge is 2.21. The van der Waals surface area contributed by atoms with Crippen LogP contribution >= 0.6 is 0 Å². The Balaban J connectivity index is 1.69. The highest BCUT2D eigenvalue weighted by molar-refractivity contribution is 4.98.